The summed E-state index contributed by atoms with van der Waals surface area (Å²) in [5.41, 5.74) is 5.73. The SMILES string of the molecule is CCCn1cc(S(=O)(=O)NCC2CCCN(C)C2)c(N)n1. The van der Waals surface area contributed by atoms with Crippen molar-refractivity contribution in [3.05, 3.63) is 6.20 Å². The second-order valence-electron chi connectivity index (χ2n) is 5.76. The number of likely N-dealkylation sites (tertiary alicyclic amines) is 1. The van der Waals surface area contributed by atoms with Crippen LogP contribution in [-0.2, 0) is 16.6 Å². The Bertz CT molecular complexity index is 569. The van der Waals surface area contributed by atoms with Crippen LogP contribution in [0.5, 0.6) is 0 Å². The highest BCUT2D eigenvalue weighted by Gasteiger charge is 2.24. The van der Waals surface area contributed by atoms with Crippen molar-refractivity contribution >= 4 is 15.8 Å². The molecule has 1 aromatic heterocycles. The van der Waals surface area contributed by atoms with Crippen LogP contribution < -0.4 is 10.5 Å². The predicted octanol–water partition coefficient (Wildman–Crippen LogP) is 0.495. The molecule has 0 radical (unpaired) electrons. The Morgan fingerprint density at radius 2 is 2.29 bits per heavy atom. The number of hydrogen-bond acceptors (Lipinski definition) is 5. The Morgan fingerprint density at radius 1 is 1.52 bits per heavy atom. The molecule has 120 valence electrons. The van der Waals surface area contributed by atoms with Gasteiger partial charge in [-0.25, -0.2) is 13.1 Å². The van der Waals surface area contributed by atoms with E-state index in [1.165, 1.54) is 6.20 Å². The first-order valence-corrected chi connectivity index (χ1v) is 8.92. The maximum atomic E-state index is 12.3. The molecule has 7 nitrogen and oxygen atoms in total. The molecule has 0 amide bonds. The van der Waals surface area contributed by atoms with Crippen LogP contribution in [0.4, 0.5) is 5.82 Å². The summed E-state index contributed by atoms with van der Waals surface area (Å²) in [7, 11) is -1.52. The average Bonchev–Trinajstić information content (AvgIpc) is 2.79. The Kier molecular flexibility index (Phi) is 5.23. The summed E-state index contributed by atoms with van der Waals surface area (Å²) in [4.78, 5) is 2.32. The summed E-state index contributed by atoms with van der Waals surface area (Å²) in [5, 5.41) is 4.04. The molecular weight excluding hydrogens is 290 g/mol. The molecule has 1 saturated heterocycles. The lowest BCUT2D eigenvalue weighted by Gasteiger charge is -2.29. The van der Waals surface area contributed by atoms with Crippen molar-refractivity contribution in [1.82, 2.24) is 19.4 Å². The number of nitrogens with zero attached hydrogens (tertiary/aromatic N) is 3. The first-order chi connectivity index (χ1) is 9.92. The number of rotatable bonds is 6. The number of nitrogen functional groups attached to an aromatic ring is 1. The molecule has 1 fully saturated rings. The third-order valence-corrected chi connectivity index (χ3v) is 5.22. The molecule has 1 aliphatic heterocycles. The van der Waals surface area contributed by atoms with E-state index in [0.717, 1.165) is 32.4 Å². The van der Waals surface area contributed by atoms with Gasteiger partial charge in [0.2, 0.25) is 10.0 Å². The van der Waals surface area contributed by atoms with Gasteiger partial charge in [0.25, 0.3) is 0 Å². The molecule has 21 heavy (non-hydrogen) atoms. The van der Waals surface area contributed by atoms with Gasteiger partial charge in [-0.2, -0.15) is 5.10 Å². The van der Waals surface area contributed by atoms with Gasteiger partial charge in [-0.15, -0.1) is 0 Å². The number of aryl methyl sites for hydroxylation is 1. The number of piperidine rings is 1. The van der Waals surface area contributed by atoms with Crippen molar-refractivity contribution in [1.29, 1.82) is 0 Å². The first-order valence-electron chi connectivity index (χ1n) is 7.43. The van der Waals surface area contributed by atoms with Crippen molar-refractivity contribution in [2.45, 2.75) is 37.6 Å². The second kappa shape index (κ2) is 6.76. The molecule has 3 N–H and O–H groups in total. The number of hydrogen-bond donors (Lipinski definition) is 2. The first kappa shape index (κ1) is 16.3. The zero-order valence-electron chi connectivity index (χ0n) is 12.7. The highest BCUT2D eigenvalue weighted by molar-refractivity contribution is 7.89. The van der Waals surface area contributed by atoms with E-state index in [0.29, 0.717) is 19.0 Å². The van der Waals surface area contributed by atoms with Crippen molar-refractivity contribution in [2.75, 3.05) is 32.4 Å². The Balaban J connectivity index is 2.01. The molecule has 8 heteroatoms. The van der Waals surface area contributed by atoms with Gasteiger partial charge in [-0.05, 0) is 38.8 Å². The average molecular weight is 315 g/mol. The van der Waals surface area contributed by atoms with Crippen molar-refractivity contribution in [3.63, 3.8) is 0 Å². The van der Waals surface area contributed by atoms with E-state index >= 15 is 0 Å². The molecule has 0 saturated carbocycles. The molecule has 1 aliphatic rings. The largest absolute Gasteiger partial charge is 0.381 e. The lowest BCUT2D eigenvalue weighted by molar-refractivity contribution is 0.211. The standard InChI is InChI=1S/C13H25N5O2S/c1-3-6-18-10-12(13(14)16-18)21(19,20)15-8-11-5-4-7-17(2)9-11/h10-11,15H,3-9H2,1-2H3,(H2,14,16). The van der Waals surface area contributed by atoms with E-state index in [4.69, 9.17) is 5.73 Å². The van der Waals surface area contributed by atoms with Crippen LogP contribution in [-0.4, -0.2) is 49.8 Å². The third kappa shape index (κ3) is 4.18. The van der Waals surface area contributed by atoms with E-state index in [1.807, 2.05) is 6.92 Å². The van der Waals surface area contributed by atoms with Crippen LogP contribution >= 0.6 is 0 Å². The molecule has 0 aromatic carbocycles. The fourth-order valence-electron chi connectivity index (χ4n) is 2.71. The van der Waals surface area contributed by atoms with Crippen molar-refractivity contribution < 1.29 is 8.42 Å². The van der Waals surface area contributed by atoms with Gasteiger partial charge in [0, 0.05) is 25.8 Å². The van der Waals surface area contributed by atoms with Crippen LogP contribution in [0.3, 0.4) is 0 Å². The van der Waals surface area contributed by atoms with E-state index in [9.17, 15) is 8.42 Å². The summed E-state index contributed by atoms with van der Waals surface area (Å²) in [6, 6.07) is 0. The molecule has 1 aromatic rings. The monoisotopic (exact) mass is 315 g/mol. The summed E-state index contributed by atoms with van der Waals surface area (Å²) in [6.45, 7) is 5.12. The van der Waals surface area contributed by atoms with E-state index in [-0.39, 0.29) is 10.7 Å². The predicted molar refractivity (Wildman–Crippen MR) is 82.3 cm³/mol. The minimum absolute atomic E-state index is 0.0664. The lowest BCUT2D eigenvalue weighted by atomic mass is 9.99. The molecular formula is C13H25N5O2S. The Labute approximate surface area is 126 Å². The Hall–Kier alpha value is -1.12. The van der Waals surface area contributed by atoms with Crippen LogP contribution in [0.15, 0.2) is 11.1 Å². The van der Waals surface area contributed by atoms with Gasteiger partial charge < -0.3 is 10.6 Å². The topological polar surface area (TPSA) is 93.2 Å². The molecule has 2 heterocycles. The van der Waals surface area contributed by atoms with Crippen molar-refractivity contribution in [3.8, 4) is 0 Å². The summed E-state index contributed by atoms with van der Waals surface area (Å²) in [5.74, 6) is 0.419. The number of nitrogens with two attached hydrogens (primary N) is 1. The molecule has 1 unspecified atom stereocenters. The quantitative estimate of drug-likeness (QED) is 0.797. The summed E-state index contributed by atoms with van der Waals surface area (Å²) in [6.07, 6.45) is 4.55. The normalized spacial score (nSPS) is 20.8. The van der Waals surface area contributed by atoms with E-state index in [2.05, 4.69) is 21.8 Å². The van der Waals surface area contributed by atoms with Crippen molar-refractivity contribution in [2.24, 2.45) is 5.92 Å². The zero-order chi connectivity index (χ0) is 15.5. The molecule has 0 aliphatic carbocycles. The Morgan fingerprint density at radius 3 is 2.95 bits per heavy atom. The maximum Gasteiger partial charge on any atom is 0.245 e. The molecule has 0 spiro atoms. The van der Waals surface area contributed by atoms with Gasteiger partial charge in [0.1, 0.15) is 4.90 Å². The van der Waals surface area contributed by atoms with E-state index < -0.39 is 10.0 Å². The summed E-state index contributed by atoms with van der Waals surface area (Å²) < 4.78 is 28.9. The van der Waals surface area contributed by atoms with Gasteiger partial charge in [-0.1, -0.05) is 6.92 Å². The fourth-order valence-corrected chi connectivity index (χ4v) is 3.90. The van der Waals surface area contributed by atoms with Gasteiger partial charge >= 0.3 is 0 Å². The third-order valence-electron chi connectivity index (χ3n) is 3.78. The maximum absolute atomic E-state index is 12.3. The number of anilines is 1. The zero-order valence-corrected chi connectivity index (χ0v) is 13.6. The second-order valence-corrected chi connectivity index (χ2v) is 7.50. The lowest BCUT2D eigenvalue weighted by Crippen LogP contribution is -2.39. The van der Waals surface area contributed by atoms with Gasteiger partial charge in [0.05, 0.1) is 0 Å². The number of aromatic nitrogens is 2. The fraction of sp³-hybridized carbons (Fsp3) is 0.769. The van der Waals surface area contributed by atoms with Crippen LogP contribution in [0.2, 0.25) is 0 Å². The van der Waals surface area contributed by atoms with Crippen LogP contribution in [0.25, 0.3) is 0 Å². The molecule has 2 rings (SSSR count). The molecule has 0 bridgehead atoms. The van der Waals surface area contributed by atoms with Crippen LogP contribution in [0.1, 0.15) is 26.2 Å². The smallest absolute Gasteiger partial charge is 0.245 e. The van der Waals surface area contributed by atoms with E-state index in [1.54, 1.807) is 4.68 Å². The number of nitrogens with one attached hydrogen (secondary N) is 1. The van der Waals surface area contributed by atoms with Crippen LogP contribution in [0, 0.1) is 5.92 Å². The summed E-state index contributed by atoms with van der Waals surface area (Å²) >= 11 is 0. The minimum Gasteiger partial charge on any atom is -0.381 e. The number of sulfonamides is 1. The highest BCUT2D eigenvalue weighted by Crippen LogP contribution is 2.18. The molecule has 1 atom stereocenters. The minimum atomic E-state index is -3.58. The van der Waals surface area contributed by atoms with Gasteiger partial charge in [-0.3, -0.25) is 4.68 Å². The van der Waals surface area contributed by atoms with Gasteiger partial charge in [0.15, 0.2) is 5.82 Å². The highest BCUT2D eigenvalue weighted by atomic mass is 32.2.